The Balaban J connectivity index is 1.72. The van der Waals surface area contributed by atoms with E-state index >= 15 is 0 Å². The Labute approximate surface area is 120 Å². The predicted octanol–water partition coefficient (Wildman–Crippen LogP) is 1.91. The van der Waals surface area contributed by atoms with Crippen molar-refractivity contribution in [1.29, 1.82) is 0 Å². The van der Waals surface area contributed by atoms with Crippen LogP contribution < -0.4 is 5.73 Å². The second kappa shape index (κ2) is 4.98. The number of rotatable bonds is 1. The van der Waals surface area contributed by atoms with Gasteiger partial charge in [0.05, 0.1) is 5.56 Å². The number of hydrogen-bond donors (Lipinski definition) is 1. The zero-order chi connectivity index (χ0) is 15.2. The van der Waals surface area contributed by atoms with Crippen LogP contribution in [0.1, 0.15) is 28.9 Å². The van der Waals surface area contributed by atoms with Crippen LogP contribution in [0.25, 0.3) is 0 Å². The summed E-state index contributed by atoms with van der Waals surface area (Å²) in [5.41, 5.74) is 5.21. The van der Waals surface area contributed by atoms with Gasteiger partial charge >= 0.3 is 6.18 Å². The highest BCUT2D eigenvalue weighted by molar-refractivity contribution is 5.92. The number of alkyl halides is 3. The molecule has 3 rings (SSSR count). The average molecular weight is 299 g/mol. The van der Waals surface area contributed by atoms with Crippen LogP contribution in [0, 0.1) is 11.8 Å². The Morgan fingerprint density at radius 1 is 1.29 bits per heavy atom. The van der Waals surface area contributed by atoms with Crippen molar-refractivity contribution in [3.8, 4) is 0 Å². The zero-order valence-corrected chi connectivity index (χ0v) is 11.3. The minimum Gasteiger partial charge on any atom is -0.337 e. The van der Waals surface area contributed by atoms with Crippen LogP contribution >= 0.6 is 0 Å². The number of nitrogens with zero attached hydrogens (tertiary/aromatic N) is 2. The van der Waals surface area contributed by atoms with Gasteiger partial charge in [0.1, 0.15) is 5.69 Å². The van der Waals surface area contributed by atoms with E-state index in [4.69, 9.17) is 5.73 Å². The summed E-state index contributed by atoms with van der Waals surface area (Å²) in [6.07, 6.45) is -1.74. The van der Waals surface area contributed by atoms with Gasteiger partial charge in [0, 0.05) is 25.3 Å². The van der Waals surface area contributed by atoms with Crippen LogP contribution in [-0.2, 0) is 6.18 Å². The number of aromatic nitrogens is 1. The van der Waals surface area contributed by atoms with Crippen molar-refractivity contribution in [2.45, 2.75) is 25.1 Å². The Kier molecular flexibility index (Phi) is 3.39. The molecule has 1 saturated heterocycles. The molecule has 2 heterocycles. The molecule has 3 atom stereocenters. The van der Waals surface area contributed by atoms with Gasteiger partial charge in [0.2, 0.25) is 0 Å². The van der Waals surface area contributed by atoms with E-state index in [9.17, 15) is 18.0 Å². The highest BCUT2D eigenvalue weighted by Crippen LogP contribution is 2.37. The van der Waals surface area contributed by atoms with Gasteiger partial charge in [-0.2, -0.15) is 13.2 Å². The minimum atomic E-state index is -4.44. The second-order valence-corrected chi connectivity index (χ2v) is 5.81. The summed E-state index contributed by atoms with van der Waals surface area (Å²) in [7, 11) is 0. The van der Waals surface area contributed by atoms with Gasteiger partial charge < -0.3 is 10.6 Å². The number of nitrogens with two attached hydrogens (primary N) is 1. The van der Waals surface area contributed by atoms with Crippen molar-refractivity contribution in [3.63, 3.8) is 0 Å². The first-order valence-electron chi connectivity index (χ1n) is 6.94. The van der Waals surface area contributed by atoms with Gasteiger partial charge in [-0.15, -0.1) is 0 Å². The molecule has 0 bridgehead atoms. The first-order chi connectivity index (χ1) is 9.86. The number of pyridine rings is 1. The Morgan fingerprint density at radius 2 is 2.05 bits per heavy atom. The van der Waals surface area contributed by atoms with E-state index in [-0.39, 0.29) is 17.6 Å². The van der Waals surface area contributed by atoms with Crippen LogP contribution in [0.15, 0.2) is 18.3 Å². The first kappa shape index (κ1) is 14.3. The normalized spacial score (nSPS) is 28.8. The molecule has 2 N–H and O–H groups in total. The third kappa shape index (κ3) is 2.62. The third-order valence-corrected chi connectivity index (χ3v) is 4.51. The van der Waals surface area contributed by atoms with E-state index in [1.54, 1.807) is 4.90 Å². The minimum absolute atomic E-state index is 0.0524. The summed E-state index contributed by atoms with van der Waals surface area (Å²) in [6.45, 7) is 1.20. The highest BCUT2D eigenvalue weighted by atomic mass is 19.4. The quantitative estimate of drug-likeness (QED) is 0.861. The van der Waals surface area contributed by atoms with E-state index in [2.05, 4.69) is 4.98 Å². The molecule has 0 aromatic carbocycles. The number of amides is 1. The lowest BCUT2D eigenvalue weighted by Crippen LogP contribution is -2.33. The summed E-state index contributed by atoms with van der Waals surface area (Å²) in [6, 6.07) is 2.15. The summed E-state index contributed by atoms with van der Waals surface area (Å²) < 4.78 is 37.4. The third-order valence-electron chi connectivity index (χ3n) is 4.51. The first-order valence-corrected chi connectivity index (χ1v) is 6.94. The largest absolute Gasteiger partial charge is 0.417 e. The number of hydrogen-bond acceptors (Lipinski definition) is 3. The van der Waals surface area contributed by atoms with Gasteiger partial charge in [-0.1, -0.05) is 0 Å². The summed E-state index contributed by atoms with van der Waals surface area (Å²) in [5, 5.41) is 0. The van der Waals surface area contributed by atoms with Crippen LogP contribution in [-0.4, -0.2) is 34.9 Å². The molecule has 7 heteroatoms. The number of fused-ring (bicyclic) bond motifs is 1. The molecule has 21 heavy (non-hydrogen) atoms. The fraction of sp³-hybridized carbons (Fsp3) is 0.571. The predicted molar refractivity (Wildman–Crippen MR) is 69.3 cm³/mol. The molecule has 1 amide bonds. The van der Waals surface area contributed by atoms with Crippen molar-refractivity contribution < 1.29 is 18.0 Å². The van der Waals surface area contributed by atoms with Crippen molar-refractivity contribution in [3.05, 3.63) is 29.6 Å². The molecule has 1 saturated carbocycles. The number of likely N-dealkylation sites (tertiary alicyclic amines) is 1. The molecule has 0 radical (unpaired) electrons. The molecular weight excluding hydrogens is 283 g/mol. The number of halogens is 3. The molecule has 0 spiro atoms. The maximum absolute atomic E-state index is 12.5. The molecule has 2 fully saturated rings. The summed E-state index contributed by atoms with van der Waals surface area (Å²) in [4.78, 5) is 17.6. The molecule has 2 aliphatic rings. The fourth-order valence-corrected chi connectivity index (χ4v) is 3.32. The molecule has 114 valence electrons. The van der Waals surface area contributed by atoms with Gasteiger partial charge in [-0.3, -0.25) is 9.78 Å². The summed E-state index contributed by atoms with van der Waals surface area (Å²) >= 11 is 0. The SMILES string of the molecule is NC1CCC2CN(C(=O)c3ccc(C(F)(F)F)cn3)CC12. The van der Waals surface area contributed by atoms with E-state index in [1.165, 1.54) is 0 Å². The van der Waals surface area contributed by atoms with E-state index in [0.29, 0.717) is 31.1 Å². The smallest absolute Gasteiger partial charge is 0.337 e. The maximum Gasteiger partial charge on any atom is 0.417 e. The lowest BCUT2D eigenvalue weighted by molar-refractivity contribution is -0.137. The Hall–Kier alpha value is -1.63. The van der Waals surface area contributed by atoms with Gasteiger partial charge in [0.15, 0.2) is 0 Å². The van der Waals surface area contributed by atoms with E-state index in [0.717, 1.165) is 25.0 Å². The average Bonchev–Trinajstić information content (AvgIpc) is 3.00. The van der Waals surface area contributed by atoms with Gasteiger partial charge in [-0.05, 0) is 36.8 Å². The monoisotopic (exact) mass is 299 g/mol. The van der Waals surface area contributed by atoms with Crippen LogP contribution in [0.2, 0.25) is 0 Å². The fourth-order valence-electron chi connectivity index (χ4n) is 3.32. The lowest BCUT2D eigenvalue weighted by Gasteiger charge is -2.18. The van der Waals surface area contributed by atoms with Crippen molar-refractivity contribution >= 4 is 5.91 Å². The molecule has 4 nitrogen and oxygen atoms in total. The van der Waals surface area contributed by atoms with Crippen LogP contribution in [0.4, 0.5) is 13.2 Å². The van der Waals surface area contributed by atoms with Crippen LogP contribution in [0.3, 0.4) is 0 Å². The molecule has 1 aromatic rings. The topological polar surface area (TPSA) is 59.2 Å². The standard InChI is InChI=1S/C14H16F3N3O/c15-14(16,17)9-2-4-12(19-5-9)13(21)20-6-8-1-3-11(18)10(8)7-20/h2,4-5,8,10-11H,1,3,6-7,18H2. The molecule has 1 aromatic heterocycles. The summed E-state index contributed by atoms with van der Waals surface area (Å²) in [5.74, 6) is 0.409. The molecular formula is C14H16F3N3O. The molecule has 1 aliphatic carbocycles. The molecule has 1 aliphatic heterocycles. The number of carbonyl (C=O) groups excluding carboxylic acids is 1. The van der Waals surface area contributed by atoms with Crippen molar-refractivity contribution in [1.82, 2.24) is 9.88 Å². The second-order valence-electron chi connectivity index (χ2n) is 5.81. The Bertz CT molecular complexity index is 543. The van der Waals surface area contributed by atoms with Crippen molar-refractivity contribution in [2.75, 3.05) is 13.1 Å². The zero-order valence-electron chi connectivity index (χ0n) is 11.3. The van der Waals surface area contributed by atoms with Gasteiger partial charge in [-0.25, -0.2) is 0 Å². The maximum atomic E-state index is 12.5. The molecule has 3 unspecified atom stereocenters. The highest BCUT2D eigenvalue weighted by Gasteiger charge is 2.42. The van der Waals surface area contributed by atoms with Gasteiger partial charge in [0.25, 0.3) is 5.91 Å². The van der Waals surface area contributed by atoms with Crippen LogP contribution in [0.5, 0.6) is 0 Å². The van der Waals surface area contributed by atoms with E-state index < -0.39 is 11.7 Å². The number of carbonyl (C=O) groups is 1. The van der Waals surface area contributed by atoms with Crippen molar-refractivity contribution in [2.24, 2.45) is 17.6 Å². The van der Waals surface area contributed by atoms with E-state index in [1.807, 2.05) is 0 Å². The Morgan fingerprint density at radius 3 is 2.62 bits per heavy atom. The lowest BCUT2D eigenvalue weighted by atomic mass is 9.98.